The van der Waals surface area contributed by atoms with E-state index in [1.807, 2.05) is 30.3 Å². The van der Waals surface area contributed by atoms with Crippen LogP contribution in [-0.2, 0) is 22.5 Å². The zero-order chi connectivity index (χ0) is 22.6. The van der Waals surface area contributed by atoms with E-state index in [0.717, 1.165) is 67.0 Å². The van der Waals surface area contributed by atoms with Crippen molar-refractivity contribution in [3.8, 4) is 11.5 Å². The minimum absolute atomic E-state index is 0.0652. The van der Waals surface area contributed by atoms with Gasteiger partial charge >= 0.3 is 0 Å². The summed E-state index contributed by atoms with van der Waals surface area (Å²) in [7, 11) is 3.18. The number of nitrogens with zero attached hydrogens (tertiary/aromatic N) is 2. The van der Waals surface area contributed by atoms with Crippen LogP contribution in [0, 0.1) is 0 Å². The maximum absolute atomic E-state index is 11.4. The van der Waals surface area contributed by atoms with E-state index in [1.54, 1.807) is 7.11 Å². The SMILES string of the molecule is COCC(=O)NCCCCCc1nc2ccccc2n1CCCOc1ccccc1OC. The number of unbranched alkanes of at least 4 members (excludes halogenated alkanes) is 2. The molecule has 2 aromatic carbocycles. The molecule has 1 amide bonds. The van der Waals surface area contributed by atoms with Crippen molar-refractivity contribution in [2.24, 2.45) is 0 Å². The number of hydrogen-bond acceptors (Lipinski definition) is 5. The molecule has 0 atom stereocenters. The Balaban J connectivity index is 1.51. The Labute approximate surface area is 189 Å². The van der Waals surface area contributed by atoms with Crippen molar-refractivity contribution in [3.63, 3.8) is 0 Å². The highest BCUT2D eigenvalue weighted by molar-refractivity contribution is 5.77. The Kier molecular flexibility index (Phi) is 9.37. The Hall–Kier alpha value is -3.06. The van der Waals surface area contributed by atoms with E-state index in [9.17, 15) is 4.79 Å². The van der Waals surface area contributed by atoms with E-state index in [-0.39, 0.29) is 12.5 Å². The van der Waals surface area contributed by atoms with Crippen LogP contribution in [0.5, 0.6) is 11.5 Å². The first-order valence-corrected chi connectivity index (χ1v) is 11.2. The molecule has 0 fully saturated rings. The van der Waals surface area contributed by atoms with Crippen LogP contribution >= 0.6 is 0 Å². The van der Waals surface area contributed by atoms with Crippen LogP contribution in [0.4, 0.5) is 0 Å². The number of carbonyl (C=O) groups excluding carboxylic acids is 1. The van der Waals surface area contributed by atoms with Crippen molar-refractivity contribution >= 4 is 16.9 Å². The lowest BCUT2D eigenvalue weighted by atomic mass is 10.2. The average molecular weight is 440 g/mol. The molecule has 1 heterocycles. The summed E-state index contributed by atoms with van der Waals surface area (Å²) in [5, 5.41) is 2.86. The molecule has 3 rings (SSSR count). The molecule has 0 saturated heterocycles. The van der Waals surface area contributed by atoms with Crippen LogP contribution in [0.15, 0.2) is 48.5 Å². The van der Waals surface area contributed by atoms with E-state index in [0.29, 0.717) is 13.2 Å². The van der Waals surface area contributed by atoms with Crippen molar-refractivity contribution < 1.29 is 19.0 Å². The lowest BCUT2D eigenvalue weighted by Crippen LogP contribution is -2.27. The quantitative estimate of drug-likeness (QED) is 0.385. The van der Waals surface area contributed by atoms with Crippen LogP contribution in [0.3, 0.4) is 0 Å². The van der Waals surface area contributed by atoms with Crippen LogP contribution < -0.4 is 14.8 Å². The minimum Gasteiger partial charge on any atom is -0.493 e. The predicted molar refractivity (Wildman–Crippen MR) is 125 cm³/mol. The number of hydrogen-bond donors (Lipinski definition) is 1. The number of carbonyl (C=O) groups is 1. The molecule has 0 unspecified atom stereocenters. The van der Waals surface area contributed by atoms with Gasteiger partial charge in [0.1, 0.15) is 12.4 Å². The number of aromatic nitrogens is 2. The summed E-state index contributed by atoms with van der Waals surface area (Å²) in [4.78, 5) is 16.3. The second-order valence-electron chi connectivity index (χ2n) is 7.61. The normalized spacial score (nSPS) is 10.9. The Morgan fingerprint density at radius 3 is 2.56 bits per heavy atom. The third-order valence-corrected chi connectivity index (χ3v) is 5.26. The molecule has 0 saturated carbocycles. The predicted octanol–water partition coefficient (Wildman–Crippen LogP) is 3.99. The fraction of sp³-hybridized carbons (Fsp3) is 0.440. The molecule has 3 aromatic rings. The van der Waals surface area contributed by atoms with Gasteiger partial charge in [-0.3, -0.25) is 4.79 Å². The number of imidazole rings is 1. The van der Waals surface area contributed by atoms with Gasteiger partial charge in [-0.15, -0.1) is 0 Å². The third-order valence-electron chi connectivity index (χ3n) is 5.26. The highest BCUT2D eigenvalue weighted by Crippen LogP contribution is 2.26. The maximum atomic E-state index is 11.4. The van der Waals surface area contributed by atoms with Gasteiger partial charge in [-0.1, -0.05) is 30.7 Å². The lowest BCUT2D eigenvalue weighted by Gasteiger charge is -2.12. The van der Waals surface area contributed by atoms with Gasteiger partial charge in [0.2, 0.25) is 5.91 Å². The fourth-order valence-electron chi connectivity index (χ4n) is 3.70. The second kappa shape index (κ2) is 12.7. The van der Waals surface area contributed by atoms with Crippen molar-refractivity contribution in [2.45, 2.75) is 38.6 Å². The molecule has 32 heavy (non-hydrogen) atoms. The summed E-state index contributed by atoms with van der Waals surface area (Å²) < 4.78 is 18.4. The van der Waals surface area contributed by atoms with Gasteiger partial charge in [0.25, 0.3) is 0 Å². The van der Waals surface area contributed by atoms with E-state index in [2.05, 4.69) is 28.1 Å². The molecular formula is C25H33N3O4. The molecule has 7 nitrogen and oxygen atoms in total. The zero-order valence-corrected chi connectivity index (χ0v) is 19.0. The van der Waals surface area contributed by atoms with Gasteiger partial charge in [-0.25, -0.2) is 4.98 Å². The number of benzene rings is 2. The number of ether oxygens (including phenoxy) is 3. The summed E-state index contributed by atoms with van der Waals surface area (Å²) >= 11 is 0. The molecule has 0 aliphatic heterocycles. The van der Waals surface area contributed by atoms with Crippen molar-refractivity contribution in [1.82, 2.24) is 14.9 Å². The fourth-order valence-corrected chi connectivity index (χ4v) is 3.70. The minimum atomic E-state index is -0.0652. The number of methoxy groups -OCH3 is 2. The molecule has 0 radical (unpaired) electrons. The Bertz CT molecular complexity index is 986. The van der Waals surface area contributed by atoms with E-state index >= 15 is 0 Å². The summed E-state index contributed by atoms with van der Waals surface area (Å²) in [6, 6.07) is 16.0. The molecule has 1 aromatic heterocycles. The van der Waals surface area contributed by atoms with Gasteiger partial charge in [-0.2, -0.15) is 0 Å². The van der Waals surface area contributed by atoms with Gasteiger partial charge < -0.3 is 24.1 Å². The first-order chi connectivity index (χ1) is 15.7. The van der Waals surface area contributed by atoms with Crippen molar-refractivity contribution in [3.05, 3.63) is 54.4 Å². The monoisotopic (exact) mass is 439 g/mol. The molecule has 0 aliphatic carbocycles. The van der Waals surface area contributed by atoms with Gasteiger partial charge in [-0.05, 0) is 43.5 Å². The Morgan fingerprint density at radius 1 is 0.969 bits per heavy atom. The summed E-state index contributed by atoms with van der Waals surface area (Å²) in [6.45, 7) is 2.25. The van der Waals surface area contributed by atoms with Gasteiger partial charge in [0.15, 0.2) is 11.5 Å². The molecule has 7 heteroatoms. The van der Waals surface area contributed by atoms with E-state index < -0.39 is 0 Å². The lowest BCUT2D eigenvalue weighted by molar-refractivity contribution is -0.124. The maximum Gasteiger partial charge on any atom is 0.245 e. The number of aryl methyl sites for hydroxylation is 2. The summed E-state index contributed by atoms with van der Waals surface area (Å²) in [5.74, 6) is 2.56. The van der Waals surface area contributed by atoms with E-state index in [4.69, 9.17) is 19.2 Å². The average Bonchev–Trinajstić information content (AvgIpc) is 3.16. The highest BCUT2D eigenvalue weighted by Gasteiger charge is 2.10. The first kappa shape index (κ1) is 23.6. The number of rotatable bonds is 14. The molecule has 1 N–H and O–H groups in total. The molecular weight excluding hydrogens is 406 g/mol. The molecule has 172 valence electrons. The second-order valence-corrected chi connectivity index (χ2v) is 7.61. The highest BCUT2D eigenvalue weighted by atomic mass is 16.5. The standard InChI is InChI=1S/C25H33N3O4/c1-30-19-25(29)26-16-9-3-4-15-24-27-20-11-5-6-12-21(20)28(24)17-10-18-32-23-14-8-7-13-22(23)31-2/h5-8,11-14H,3-4,9-10,15-19H2,1-2H3,(H,26,29). The van der Waals surface area contributed by atoms with Crippen molar-refractivity contribution in [1.29, 1.82) is 0 Å². The molecule has 0 spiro atoms. The Morgan fingerprint density at radius 2 is 1.75 bits per heavy atom. The zero-order valence-electron chi connectivity index (χ0n) is 19.0. The number of nitrogens with one attached hydrogen (secondary N) is 1. The number of para-hydroxylation sites is 4. The van der Waals surface area contributed by atoms with Crippen LogP contribution in [0.1, 0.15) is 31.5 Å². The van der Waals surface area contributed by atoms with Crippen LogP contribution in [-0.4, -0.2) is 49.4 Å². The summed E-state index contributed by atoms with van der Waals surface area (Å²) in [5.41, 5.74) is 2.19. The van der Waals surface area contributed by atoms with Crippen LogP contribution in [0.25, 0.3) is 11.0 Å². The third kappa shape index (κ3) is 6.72. The van der Waals surface area contributed by atoms with Crippen LogP contribution in [0.2, 0.25) is 0 Å². The van der Waals surface area contributed by atoms with Gasteiger partial charge in [0, 0.05) is 26.6 Å². The molecule has 0 aliphatic rings. The largest absolute Gasteiger partial charge is 0.493 e. The van der Waals surface area contributed by atoms with E-state index in [1.165, 1.54) is 7.11 Å². The topological polar surface area (TPSA) is 74.6 Å². The summed E-state index contributed by atoms with van der Waals surface area (Å²) in [6.07, 6.45) is 4.79. The molecule has 0 bridgehead atoms. The van der Waals surface area contributed by atoms with Crippen molar-refractivity contribution in [2.75, 3.05) is 34.0 Å². The van der Waals surface area contributed by atoms with Gasteiger partial charge in [0.05, 0.1) is 24.8 Å². The first-order valence-electron chi connectivity index (χ1n) is 11.2. The number of amides is 1. The number of fused-ring (bicyclic) bond motifs is 1. The smallest absolute Gasteiger partial charge is 0.245 e.